The quantitative estimate of drug-likeness (QED) is 0.792. The molecule has 0 radical (unpaired) electrons. The van der Waals surface area contributed by atoms with Crippen LogP contribution in [0.2, 0.25) is 0 Å². The van der Waals surface area contributed by atoms with Gasteiger partial charge in [-0.05, 0) is 43.0 Å². The first-order valence-electron chi connectivity index (χ1n) is 9.11. The number of piperidine rings is 1. The summed E-state index contributed by atoms with van der Waals surface area (Å²) in [4.78, 5) is 13.7. The molecule has 142 valence electrons. The van der Waals surface area contributed by atoms with E-state index >= 15 is 0 Å². The zero-order valence-electron chi connectivity index (χ0n) is 14.9. The summed E-state index contributed by atoms with van der Waals surface area (Å²) in [6, 6.07) is 5.09. The van der Waals surface area contributed by atoms with Gasteiger partial charge in [-0.2, -0.15) is 4.31 Å². The van der Waals surface area contributed by atoms with Crippen molar-refractivity contribution in [2.45, 2.75) is 37.4 Å². The highest BCUT2D eigenvalue weighted by Crippen LogP contribution is 2.33. The number of amides is 1. The SMILES string of the molecule is CC(=O)N1CCc2cc(S(=O)(=O)N3CCC(C4OCCO4)CC3)ccc21. The zero-order chi connectivity index (χ0) is 18.3. The Morgan fingerprint density at radius 2 is 1.81 bits per heavy atom. The number of benzene rings is 1. The zero-order valence-corrected chi connectivity index (χ0v) is 15.7. The second kappa shape index (κ2) is 6.92. The lowest BCUT2D eigenvalue weighted by molar-refractivity contribution is -0.116. The van der Waals surface area contributed by atoms with E-state index in [-0.39, 0.29) is 18.1 Å². The fourth-order valence-corrected chi connectivity index (χ4v) is 5.57. The molecule has 0 saturated carbocycles. The Labute approximate surface area is 153 Å². The highest BCUT2D eigenvalue weighted by Gasteiger charge is 2.35. The lowest BCUT2D eigenvalue weighted by Gasteiger charge is -2.33. The molecule has 1 aromatic rings. The number of nitrogens with zero attached hydrogens (tertiary/aromatic N) is 2. The molecule has 0 aromatic heterocycles. The first kappa shape index (κ1) is 17.9. The predicted octanol–water partition coefficient (Wildman–Crippen LogP) is 1.37. The van der Waals surface area contributed by atoms with Gasteiger partial charge in [-0.3, -0.25) is 4.79 Å². The van der Waals surface area contributed by atoms with Gasteiger partial charge in [0.15, 0.2) is 6.29 Å². The van der Waals surface area contributed by atoms with Crippen molar-refractivity contribution in [1.29, 1.82) is 0 Å². The molecule has 2 saturated heterocycles. The molecular formula is C18H24N2O5S. The number of carbonyl (C=O) groups is 1. The molecule has 0 unspecified atom stereocenters. The minimum atomic E-state index is -3.52. The molecule has 26 heavy (non-hydrogen) atoms. The lowest BCUT2D eigenvalue weighted by Crippen LogP contribution is -2.41. The predicted molar refractivity (Wildman–Crippen MR) is 95.3 cm³/mol. The number of rotatable bonds is 3. The fourth-order valence-electron chi connectivity index (χ4n) is 4.05. The van der Waals surface area contributed by atoms with Gasteiger partial charge in [-0.1, -0.05) is 0 Å². The summed E-state index contributed by atoms with van der Waals surface area (Å²) in [5.74, 6) is 0.242. The average molecular weight is 380 g/mol. The van der Waals surface area contributed by atoms with Crippen molar-refractivity contribution in [2.24, 2.45) is 5.92 Å². The average Bonchev–Trinajstić information content (AvgIpc) is 3.31. The molecular weight excluding hydrogens is 356 g/mol. The minimum Gasteiger partial charge on any atom is -0.350 e. The number of fused-ring (bicyclic) bond motifs is 1. The summed E-state index contributed by atoms with van der Waals surface area (Å²) < 4.78 is 38.7. The molecule has 2 fully saturated rings. The molecule has 1 aromatic carbocycles. The standard InChI is InChI=1S/C18H24N2O5S/c1-13(21)20-9-6-15-12-16(2-3-17(15)20)26(22,23)19-7-4-14(5-8-19)18-24-10-11-25-18/h2-3,12,14,18H,4-11H2,1H3. The van der Waals surface area contributed by atoms with E-state index in [0.29, 0.717) is 44.2 Å². The molecule has 0 bridgehead atoms. The Kier molecular flexibility index (Phi) is 4.77. The van der Waals surface area contributed by atoms with Crippen LogP contribution in [0.15, 0.2) is 23.1 Å². The van der Waals surface area contributed by atoms with Gasteiger partial charge >= 0.3 is 0 Å². The van der Waals surface area contributed by atoms with Crippen molar-refractivity contribution < 1.29 is 22.7 Å². The van der Waals surface area contributed by atoms with Gasteiger partial charge in [0.25, 0.3) is 0 Å². The summed E-state index contributed by atoms with van der Waals surface area (Å²) >= 11 is 0. The molecule has 7 nitrogen and oxygen atoms in total. The Balaban J connectivity index is 1.48. The van der Waals surface area contributed by atoms with Gasteiger partial charge in [0.1, 0.15) is 0 Å². The van der Waals surface area contributed by atoms with E-state index in [1.807, 2.05) is 0 Å². The molecule has 0 aliphatic carbocycles. The van der Waals surface area contributed by atoms with Crippen LogP contribution in [0.5, 0.6) is 0 Å². The van der Waals surface area contributed by atoms with Gasteiger partial charge < -0.3 is 14.4 Å². The lowest BCUT2D eigenvalue weighted by atomic mass is 9.98. The second-order valence-corrected chi connectivity index (χ2v) is 9.00. The largest absolute Gasteiger partial charge is 0.350 e. The van der Waals surface area contributed by atoms with E-state index in [2.05, 4.69) is 0 Å². The summed E-state index contributed by atoms with van der Waals surface area (Å²) in [5.41, 5.74) is 1.75. The van der Waals surface area contributed by atoms with Crippen molar-refractivity contribution in [2.75, 3.05) is 37.7 Å². The summed E-state index contributed by atoms with van der Waals surface area (Å²) in [5, 5.41) is 0. The van der Waals surface area contributed by atoms with Crippen LogP contribution in [0.1, 0.15) is 25.3 Å². The molecule has 0 N–H and O–H groups in total. The third kappa shape index (κ3) is 3.15. The second-order valence-electron chi connectivity index (χ2n) is 7.06. The van der Waals surface area contributed by atoms with Crippen molar-refractivity contribution in [3.8, 4) is 0 Å². The maximum atomic E-state index is 13.0. The molecule has 0 atom stereocenters. The number of sulfonamides is 1. The van der Waals surface area contributed by atoms with Gasteiger partial charge in [0, 0.05) is 38.2 Å². The highest BCUT2D eigenvalue weighted by atomic mass is 32.2. The van der Waals surface area contributed by atoms with Crippen LogP contribution in [-0.2, 0) is 30.7 Å². The number of ether oxygens (including phenoxy) is 2. The Morgan fingerprint density at radius 3 is 2.46 bits per heavy atom. The van der Waals surface area contributed by atoms with Crippen molar-refractivity contribution >= 4 is 21.6 Å². The third-order valence-electron chi connectivity index (χ3n) is 5.50. The molecule has 1 amide bonds. The van der Waals surface area contributed by atoms with E-state index in [4.69, 9.17) is 9.47 Å². The normalized spacial score (nSPS) is 22.7. The first-order valence-corrected chi connectivity index (χ1v) is 10.6. The minimum absolute atomic E-state index is 0.0159. The topological polar surface area (TPSA) is 76.2 Å². The molecule has 3 aliphatic heterocycles. The Morgan fingerprint density at radius 1 is 1.12 bits per heavy atom. The first-order chi connectivity index (χ1) is 12.5. The fraction of sp³-hybridized carbons (Fsp3) is 0.611. The smallest absolute Gasteiger partial charge is 0.243 e. The van der Waals surface area contributed by atoms with E-state index in [9.17, 15) is 13.2 Å². The van der Waals surface area contributed by atoms with Crippen LogP contribution in [0.4, 0.5) is 5.69 Å². The van der Waals surface area contributed by atoms with Gasteiger partial charge in [-0.15, -0.1) is 0 Å². The number of hydrogen-bond donors (Lipinski definition) is 0. The maximum absolute atomic E-state index is 13.0. The van der Waals surface area contributed by atoms with E-state index in [1.54, 1.807) is 27.4 Å². The van der Waals surface area contributed by atoms with E-state index < -0.39 is 10.0 Å². The van der Waals surface area contributed by atoms with Crippen LogP contribution in [0.3, 0.4) is 0 Å². The van der Waals surface area contributed by atoms with Crippen LogP contribution in [0, 0.1) is 5.92 Å². The van der Waals surface area contributed by atoms with Crippen LogP contribution < -0.4 is 4.90 Å². The maximum Gasteiger partial charge on any atom is 0.243 e. The molecule has 3 aliphatic rings. The monoisotopic (exact) mass is 380 g/mol. The van der Waals surface area contributed by atoms with E-state index in [0.717, 1.165) is 24.1 Å². The molecule has 8 heteroatoms. The summed E-state index contributed by atoms with van der Waals surface area (Å²) in [6.07, 6.45) is 1.99. The Hall–Kier alpha value is -1.48. The van der Waals surface area contributed by atoms with Crippen LogP contribution in [0.25, 0.3) is 0 Å². The number of anilines is 1. The molecule has 4 rings (SSSR count). The van der Waals surface area contributed by atoms with Gasteiger partial charge in [-0.25, -0.2) is 8.42 Å². The molecule has 3 heterocycles. The summed E-state index contributed by atoms with van der Waals surface area (Å²) in [7, 11) is -3.52. The third-order valence-corrected chi connectivity index (χ3v) is 7.39. The van der Waals surface area contributed by atoms with Crippen molar-refractivity contribution in [1.82, 2.24) is 4.31 Å². The van der Waals surface area contributed by atoms with Crippen LogP contribution in [-0.4, -0.2) is 57.8 Å². The molecule has 0 spiro atoms. The highest BCUT2D eigenvalue weighted by molar-refractivity contribution is 7.89. The van der Waals surface area contributed by atoms with Gasteiger partial charge in [0.2, 0.25) is 15.9 Å². The number of hydrogen-bond acceptors (Lipinski definition) is 5. The van der Waals surface area contributed by atoms with Crippen molar-refractivity contribution in [3.05, 3.63) is 23.8 Å². The summed E-state index contributed by atoms with van der Waals surface area (Å²) in [6.45, 7) is 4.34. The van der Waals surface area contributed by atoms with E-state index in [1.165, 1.54) is 6.92 Å². The van der Waals surface area contributed by atoms with Gasteiger partial charge in [0.05, 0.1) is 18.1 Å². The Bertz CT molecular complexity index is 796. The number of carbonyl (C=O) groups excluding carboxylic acids is 1. The van der Waals surface area contributed by atoms with Crippen molar-refractivity contribution in [3.63, 3.8) is 0 Å². The van der Waals surface area contributed by atoms with Crippen LogP contribution >= 0.6 is 0 Å².